The first-order valence-corrected chi connectivity index (χ1v) is 11.0. The molecule has 32 heavy (non-hydrogen) atoms. The maximum absolute atomic E-state index is 13.5. The van der Waals surface area contributed by atoms with E-state index in [1.807, 2.05) is 17.9 Å². The summed E-state index contributed by atoms with van der Waals surface area (Å²) in [6, 6.07) is 4.05. The van der Waals surface area contributed by atoms with Crippen LogP contribution in [0.4, 0.5) is 15.9 Å². The van der Waals surface area contributed by atoms with Crippen molar-refractivity contribution in [2.75, 3.05) is 11.1 Å². The van der Waals surface area contributed by atoms with Gasteiger partial charge in [-0.25, -0.2) is 4.39 Å². The zero-order valence-electron chi connectivity index (χ0n) is 17.8. The van der Waals surface area contributed by atoms with Crippen LogP contribution >= 0.6 is 11.6 Å². The van der Waals surface area contributed by atoms with Crippen molar-refractivity contribution >= 4 is 34.6 Å². The first kappa shape index (κ1) is 20.8. The Labute approximate surface area is 190 Å². The smallest absolute Gasteiger partial charge is 0.261 e. The van der Waals surface area contributed by atoms with Gasteiger partial charge in [-0.1, -0.05) is 17.7 Å². The van der Waals surface area contributed by atoms with Crippen LogP contribution in [0.2, 0.25) is 5.02 Å². The fraction of sp³-hybridized carbons (Fsp3) is 0.348. The highest BCUT2D eigenvalue weighted by atomic mass is 35.5. The van der Waals surface area contributed by atoms with Crippen LogP contribution in [0, 0.1) is 17.7 Å². The summed E-state index contributed by atoms with van der Waals surface area (Å²) in [6.45, 7) is 0. The number of allylic oxidation sites excluding steroid dienone is 2. The Kier molecular flexibility index (Phi) is 5.04. The molecular weight excluding hydrogens is 431 g/mol. The molecule has 0 radical (unpaired) electrons. The molecule has 1 amide bonds. The highest BCUT2D eigenvalue weighted by Crippen LogP contribution is 2.51. The predicted molar refractivity (Wildman–Crippen MR) is 122 cm³/mol. The number of nitrogens with zero attached hydrogens (tertiary/aromatic N) is 4. The second-order valence-electron chi connectivity index (χ2n) is 8.75. The van der Waals surface area contributed by atoms with Crippen LogP contribution in [-0.4, -0.2) is 25.5 Å². The normalized spacial score (nSPS) is 22.1. The predicted octanol–water partition coefficient (Wildman–Crippen LogP) is 4.38. The number of aryl methyl sites for hydroxylation is 2. The summed E-state index contributed by atoms with van der Waals surface area (Å²) in [7, 11) is 3.66. The molecule has 7 nitrogen and oxygen atoms in total. The molecule has 0 spiro atoms. The molecule has 1 fully saturated rings. The third kappa shape index (κ3) is 3.58. The van der Waals surface area contributed by atoms with Gasteiger partial charge in [0.2, 0.25) is 0 Å². The molecule has 2 aromatic heterocycles. The number of carbonyl (C=O) groups excluding carboxylic acids is 1. The van der Waals surface area contributed by atoms with Gasteiger partial charge in [0.05, 0.1) is 11.2 Å². The second kappa shape index (κ2) is 7.78. The Morgan fingerprint density at radius 2 is 2.12 bits per heavy atom. The first-order valence-electron chi connectivity index (χ1n) is 10.6. The molecule has 0 aliphatic heterocycles. The number of halogens is 2. The molecule has 2 heterocycles. The third-order valence-electron chi connectivity index (χ3n) is 6.64. The Morgan fingerprint density at radius 3 is 2.81 bits per heavy atom. The molecule has 0 saturated heterocycles. The van der Waals surface area contributed by atoms with Gasteiger partial charge in [0, 0.05) is 26.0 Å². The maximum atomic E-state index is 13.5. The number of amides is 1. The highest BCUT2D eigenvalue weighted by molar-refractivity contribution is 6.31. The monoisotopic (exact) mass is 454 g/mol. The number of nitrogens with one attached hydrogen (secondary N) is 1. The number of rotatable bonds is 4. The van der Waals surface area contributed by atoms with E-state index in [2.05, 4.69) is 27.8 Å². The zero-order chi connectivity index (χ0) is 22.6. The van der Waals surface area contributed by atoms with Crippen LogP contribution in [0.25, 0.3) is 5.57 Å². The maximum Gasteiger partial charge on any atom is 0.261 e. The van der Waals surface area contributed by atoms with Gasteiger partial charge in [-0.3, -0.25) is 14.2 Å². The average Bonchev–Trinajstić information content (AvgIpc) is 3.48. The molecule has 3 N–H and O–H groups in total. The van der Waals surface area contributed by atoms with Crippen molar-refractivity contribution in [1.82, 2.24) is 19.6 Å². The number of nitrogen functional groups attached to an aromatic ring is 1. The van der Waals surface area contributed by atoms with Crippen molar-refractivity contribution in [2.24, 2.45) is 25.9 Å². The zero-order valence-corrected chi connectivity index (χ0v) is 18.6. The molecule has 5 rings (SSSR count). The average molecular weight is 455 g/mol. The Balaban J connectivity index is 1.39. The summed E-state index contributed by atoms with van der Waals surface area (Å²) in [5.74, 6) is 0.835. The Hall–Kier alpha value is -3.13. The van der Waals surface area contributed by atoms with Gasteiger partial charge >= 0.3 is 0 Å². The molecule has 2 aliphatic carbocycles. The lowest BCUT2D eigenvalue weighted by molar-refractivity contribution is 0.102. The number of aromatic nitrogens is 4. The van der Waals surface area contributed by atoms with Gasteiger partial charge in [0.25, 0.3) is 5.91 Å². The molecule has 1 saturated carbocycles. The van der Waals surface area contributed by atoms with Crippen molar-refractivity contribution in [3.63, 3.8) is 0 Å². The number of nitrogens with two attached hydrogens (primary N) is 1. The van der Waals surface area contributed by atoms with E-state index < -0.39 is 5.82 Å². The van der Waals surface area contributed by atoms with Crippen molar-refractivity contribution in [3.8, 4) is 0 Å². The molecule has 3 unspecified atom stereocenters. The lowest BCUT2D eigenvalue weighted by atomic mass is 9.95. The van der Waals surface area contributed by atoms with Gasteiger partial charge in [-0.05, 0) is 66.4 Å². The van der Waals surface area contributed by atoms with Crippen LogP contribution in [-0.2, 0) is 14.1 Å². The van der Waals surface area contributed by atoms with Crippen LogP contribution in [0.15, 0.2) is 36.7 Å². The van der Waals surface area contributed by atoms with E-state index in [1.54, 1.807) is 7.05 Å². The third-order valence-corrected chi connectivity index (χ3v) is 6.93. The van der Waals surface area contributed by atoms with Crippen molar-refractivity contribution in [2.45, 2.75) is 25.2 Å². The second-order valence-corrected chi connectivity index (χ2v) is 9.16. The molecule has 1 aromatic carbocycles. The van der Waals surface area contributed by atoms with Gasteiger partial charge in [-0.2, -0.15) is 10.2 Å². The SMILES string of the molecule is Cn1cc(C2CC3C=C(c4nn(C)c(N)c4C(=O)Nc4ccc(F)c(Cl)c4)CC3C2)cn1. The van der Waals surface area contributed by atoms with Crippen molar-refractivity contribution in [1.29, 1.82) is 0 Å². The molecule has 0 bridgehead atoms. The lowest BCUT2D eigenvalue weighted by Crippen LogP contribution is -2.15. The van der Waals surface area contributed by atoms with Gasteiger partial charge in [0.15, 0.2) is 0 Å². The van der Waals surface area contributed by atoms with Crippen LogP contribution in [0.5, 0.6) is 0 Å². The largest absolute Gasteiger partial charge is 0.383 e. The molecule has 9 heteroatoms. The minimum Gasteiger partial charge on any atom is -0.383 e. The van der Waals surface area contributed by atoms with E-state index in [0.717, 1.165) is 24.8 Å². The van der Waals surface area contributed by atoms with Gasteiger partial charge in [-0.15, -0.1) is 0 Å². The van der Waals surface area contributed by atoms with E-state index >= 15 is 0 Å². The van der Waals surface area contributed by atoms with E-state index in [1.165, 1.54) is 28.4 Å². The Bertz CT molecular complexity index is 1250. The van der Waals surface area contributed by atoms with Crippen LogP contribution in [0.1, 0.15) is 46.8 Å². The summed E-state index contributed by atoms with van der Waals surface area (Å²) in [5, 5.41) is 11.6. The number of fused-ring (bicyclic) bond motifs is 1. The number of benzene rings is 1. The highest BCUT2D eigenvalue weighted by Gasteiger charge is 2.40. The minimum absolute atomic E-state index is 0.0586. The fourth-order valence-corrected chi connectivity index (χ4v) is 5.24. The fourth-order valence-electron chi connectivity index (χ4n) is 5.06. The first-order chi connectivity index (χ1) is 15.3. The summed E-state index contributed by atoms with van der Waals surface area (Å²) in [4.78, 5) is 13.1. The van der Waals surface area contributed by atoms with E-state index in [9.17, 15) is 9.18 Å². The minimum atomic E-state index is -0.543. The standard InChI is InChI=1S/C23H24ClFN6O/c1-30-11-16(10-27-30)14-5-12-7-15(8-13(12)6-14)21-20(22(26)31(2)29-21)23(32)28-17-3-4-19(25)18(24)9-17/h3-4,7,9-14H,5-6,8,26H2,1-2H3,(H,28,32). The number of hydrogen-bond donors (Lipinski definition) is 2. The summed E-state index contributed by atoms with van der Waals surface area (Å²) in [6.07, 6.45) is 9.33. The molecule has 166 valence electrons. The quantitative estimate of drug-likeness (QED) is 0.612. The van der Waals surface area contributed by atoms with E-state index in [4.69, 9.17) is 17.3 Å². The van der Waals surface area contributed by atoms with Crippen molar-refractivity contribution in [3.05, 3.63) is 64.3 Å². The molecule has 2 aliphatic rings. The number of carbonyl (C=O) groups is 1. The Morgan fingerprint density at radius 1 is 1.31 bits per heavy atom. The topological polar surface area (TPSA) is 90.8 Å². The van der Waals surface area contributed by atoms with Crippen molar-refractivity contribution < 1.29 is 9.18 Å². The number of hydrogen-bond acceptors (Lipinski definition) is 4. The summed E-state index contributed by atoms with van der Waals surface area (Å²) in [5.41, 5.74) is 9.90. The molecular formula is C23H24ClFN6O. The number of anilines is 2. The van der Waals surface area contributed by atoms with Crippen LogP contribution in [0.3, 0.4) is 0 Å². The van der Waals surface area contributed by atoms with E-state index in [0.29, 0.717) is 34.7 Å². The summed E-state index contributed by atoms with van der Waals surface area (Å²) < 4.78 is 16.8. The van der Waals surface area contributed by atoms with E-state index in [-0.39, 0.29) is 16.7 Å². The summed E-state index contributed by atoms with van der Waals surface area (Å²) >= 11 is 5.84. The van der Waals surface area contributed by atoms with Gasteiger partial charge in [0.1, 0.15) is 22.9 Å². The molecule has 3 atom stereocenters. The lowest BCUT2D eigenvalue weighted by Gasteiger charge is -2.10. The molecule has 3 aromatic rings. The van der Waals surface area contributed by atoms with Gasteiger partial charge < -0.3 is 11.1 Å². The van der Waals surface area contributed by atoms with Crippen LogP contribution < -0.4 is 11.1 Å².